The molecule has 1 atom stereocenters. The summed E-state index contributed by atoms with van der Waals surface area (Å²) in [7, 11) is 0. The van der Waals surface area contributed by atoms with Gasteiger partial charge in [-0.05, 0) is 62.0 Å². The summed E-state index contributed by atoms with van der Waals surface area (Å²) in [5, 5.41) is 18.1. The van der Waals surface area contributed by atoms with E-state index in [0.29, 0.717) is 0 Å². The van der Waals surface area contributed by atoms with Gasteiger partial charge in [0.05, 0.1) is 6.10 Å². The maximum atomic E-state index is 10.7. The van der Waals surface area contributed by atoms with Gasteiger partial charge in [0, 0.05) is 6.42 Å². The van der Waals surface area contributed by atoms with Crippen molar-refractivity contribution in [3.63, 3.8) is 0 Å². The van der Waals surface area contributed by atoms with Gasteiger partial charge in [0.2, 0.25) is 0 Å². The van der Waals surface area contributed by atoms with Crippen molar-refractivity contribution in [1.82, 2.24) is 0 Å². The molecule has 5 rings (SSSR count). The van der Waals surface area contributed by atoms with E-state index in [2.05, 4.69) is 61.5 Å². The Labute approximate surface area is 128 Å². The van der Waals surface area contributed by atoms with E-state index in [4.69, 9.17) is 0 Å². The fraction of sp³-hybridized carbons (Fsp3) is 0.143. The molecule has 1 heteroatoms. The van der Waals surface area contributed by atoms with Gasteiger partial charge in [-0.25, -0.2) is 0 Å². The number of rotatable bonds is 0. The van der Waals surface area contributed by atoms with Crippen LogP contribution in [0, 0.1) is 6.92 Å². The maximum absolute atomic E-state index is 10.7. The third kappa shape index (κ3) is 1.42. The number of aryl methyl sites for hydroxylation is 1. The van der Waals surface area contributed by atoms with Crippen molar-refractivity contribution < 1.29 is 5.11 Å². The smallest absolute Gasteiger partial charge is 0.0842 e. The van der Waals surface area contributed by atoms with Crippen LogP contribution >= 0.6 is 0 Å². The number of hydrogen-bond donors (Lipinski definition) is 1. The average molecular weight is 284 g/mol. The zero-order chi connectivity index (χ0) is 14.8. The van der Waals surface area contributed by atoms with Crippen LogP contribution in [0.15, 0.2) is 54.6 Å². The molecule has 4 aromatic rings. The quantitative estimate of drug-likeness (QED) is 0.354. The van der Waals surface area contributed by atoms with E-state index < -0.39 is 0 Å². The second-order valence-corrected chi connectivity index (χ2v) is 6.35. The fourth-order valence-corrected chi connectivity index (χ4v) is 4.09. The topological polar surface area (TPSA) is 20.2 Å². The minimum Gasteiger partial charge on any atom is -0.388 e. The van der Waals surface area contributed by atoms with Crippen LogP contribution in [0.25, 0.3) is 32.3 Å². The fourth-order valence-electron chi connectivity index (χ4n) is 4.09. The van der Waals surface area contributed by atoms with E-state index in [-0.39, 0.29) is 6.10 Å². The van der Waals surface area contributed by atoms with Gasteiger partial charge >= 0.3 is 0 Å². The highest BCUT2D eigenvalue weighted by atomic mass is 16.3. The number of fused-ring (bicyclic) bond motifs is 4. The molecule has 0 fully saturated rings. The van der Waals surface area contributed by atoms with E-state index in [1.165, 1.54) is 43.4 Å². The minimum absolute atomic E-state index is 0.386. The molecule has 0 saturated heterocycles. The van der Waals surface area contributed by atoms with Gasteiger partial charge in [0.25, 0.3) is 0 Å². The average Bonchev–Trinajstić information content (AvgIpc) is 2.90. The molecule has 22 heavy (non-hydrogen) atoms. The minimum atomic E-state index is -0.386. The third-order valence-electron chi connectivity index (χ3n) is 5.14. The second-order valence-electron chi connectivity index (χ2n) is 6.35. The maximum Gasteiger partial charge on any atom is 0.0842 e. The molecule has 0 heterocycles. The van der Waals surface area contributed by atoms with Crippen molar-refractivity contribution in [2.24, 2.45) is 0 Å². The van der Waals surface area contributed by atoms with Gasteiger partial charge in [0.15, 0.2) is 0 Å². The highest BCUT2D eigenvalue weighted by Gasteiger charge is 2.26. The van der Waals surface area contributed by atoms with Gasteiger partial charge in [0.1, 0.15) is 0 Å². The van der Waals surface area contributed by atoms with Gasteiger partial charge < -0.3 is 5.11 Å². The first-order chi connectivity index (χ1) is 10.7. The van der Waals surface area contributed by atoms with Crippen LogP contribution in [-0.2, 0) is 6.42 Å². The van der Waals surface area contributed by atoms with Crippen LogP contribution in [0.3, 0.4) is 0 Å². The monoisotopic (exact) mass is 284 g/mol. The van der Waals surface area contributed by atoms with Crippen molar-refractivity contribution in [2.45, 2.75) is 19.4 Å². The lowest BCUT2D eigenvalue weighted by Crippen LogP contribution is -1.94. The molecule has 0 aliphatic heterocycles. The molecule has 0 spiro atoms. The molecule has 0 radical (unpaired) electrons. The van der Waals surface area contributed by atoms with E-state index in [1.807, 2.05) is 0 Å². The summed E-state index contributed by atoms with van der Waals surface area (Å²) in [5.74, 6) is 0. The zero-order valence-electron chi connectivity index (χ0n) is 12.4. The summed E-state index contributed by atoms with van der Waals surface area (Å²) >= 11 is 0. The lowest BCUT2D eigenvalue weighted by Gasteiger charge is -2.12. The van der Waals surface area contributed by atoms with Gasteiger partial charge in [-0.1, -0.05) is 48.5 Å². The normalized spacial score (nSPS) is 16.9. The Morgan fingerprint density at radius 1 is 0.864 bits per heavy atom. The molecule has 1 nitrogen and oxygen atoms in total. The molecule has 1 aliphatic carbocycles. The van der Waals surface area contributed by atoms with Gasteiger partial charge in [-0.2, -0.15) is 0 Å². The first kappa shape index (κ1) is 12.2. The van der Waals surface area contributed by atoms with Crippen LogP contribution in [0.1, 0.15) is 22.8 Å². The predicted octanol–water partition coefficient (Wildman–Crippen LogP) is 5.04. The summed E-state index contributed by atoms with van der Waals surface area (Å²) in [6.45, 7) is 2.14. The Kier molecular flexibility index (Phi) is 2.26. The van der Waals surface area contributed by atoms with Crippen LogP contribution in [-0.4, -0.2) is 5.11 Å². The van der Waals surface area contributed by atoms with Crippen LogP contribution in [0.4, 0.5) is 0 Å². The molecule has 106 valence electrons. The largest absolute Gasteiger partial charge is 0.388 e. The molecular weight excluding hydrogens is 268 g/mol. The first-order valence-corrected chi connectivity index (χ1v) is 7.78. The molecule has 0 aromatic heterocycles. The molecule has 1 N–H and O–H groups in total. The standard InChI is InChI=1S/C21H16O/c1-12-6-7-14-10-18-15-5-3-2-4-13(15)8-9-16(18)21-19(22)11-17(12)20(14)21/h2-10,19,22H,11H2,1H3/t19-/m0/s1. The summed E-state index contributed by atoms with van der Waals surface area (Å²) < 4.78 is 0. The van der Waals surface area contributed by atoms with E-state index in [0.717, 1.165) is 12.0 Å². The molecular formula is C21H16O. The molecule has 0 amide bonds. The molecule has 4 aromatic carbocycles. The summed E-state index contributed by atoms with van der Waals surface area (Å²) in [5.41, 5.74) is 3.72. The highest BCUT2D eigenvalue weighted by Crippen LogP contribution is 2.44. The Morgan fingerprint density at radius 2 is 1.68 bits per heavy atom. The van der Waals surface area contributed by atoms with Gasteiger partial charge in [-0.15, -0.1) is 0 Å². The van der Waals surface area contributed by atoms with E-state index in [1.54, 1.807) is 0 Å². The highest BCUT2D eigenvalue weighted by molar-refractivity contribution is 6.15. The molecule has 1 aliphatic rings. The Morgan fingerprint density at radius 3 is 2.59 bits per heavy atom. The van der Waals surface area contributed by atoms with Crippen molar-refractivity contribution >= 4 is 32.3 Å². The molecule has 0 unspecified atom stereocenters. The van der Waals surface area contributed by atoms with Crippen LogP contribution in [0.2, 0.25) is 0 Å². The Balaban J connectivity index is 2.08. The van der Waals surface area contributed by atoms with Gasteiger partial charge in [-0.3, -0.25) is 0 Å². The van der Waals surface area contributed by atoms with E-state index in [9.17, 15) is 5.11 Å². The summed E-state index contributed by atoms with van der Waals surface area (Å²) in [6.07, 6.45) is 0.355. The van der Waals surface area contributed by atoms with E-state index >= 15 is 0 Å². The van der Waals surface area contributed by atoms with Crippen molar-refractivity contribution in [3.8, 4) is 0 Å². The number of aliphatic hydroxyl groups excluding tert-OH is 1. The Bertz CT molecular complexity index is 1080. The number of benzene rings is 4. The van der Waals surface area contributed by atoms with Crippen molar-refractivity contribution in [1.29, 1.82) is 0 Å². The second kappa shape index (κ2) is 4.08. The summed E-state index contributed by atoms with van der Waals surface area (Å²) in [4.78, 5) is 0. The van der Waals surface area contributed by atoms with Crippen molar-refractivity contribution in [2.75, 3.05) is 0 Å². The SMILES string of the molecule is Cc1ccc2cc3c(ccc4ccccc43)c3c2c1C[C@@H]3O. The van der Waals surface area contributed by atoms with Crippen molar-refractivity contribution in [3.05, 3.63) is 71.3 Å². The third-order valence-corrected chi connectivity index (χ3v) is 5.14. The lowest BCUT2D eigenvalue weighted by molar-refractivity contribution is 0.187. The Hall–Kier alpha value is -2.38. The summed E-state index contributed by atoms with van der Waals surface area (Å²) in [6, 6.07) is 19.5. The first-order valence-electron chi connectivity index (χ1n) is 7.78. The lowest BCUT2D eigenvalue weighted by atomic mass is 9.93. The molecule has 0 bridgehead atoms. The predicted molar refractivity (Wildman–Crippen MR) is 92.4 cm³/mol. The molecule has 0 saturated carbocycles. The zero-order valence-corrected chi connectivity index (χ0v) is 12.4. The number of hydrogen-bond acceptors (Lipinski definition) is 1. The van der Waals surface area contributed by atoms with Crippen LogP contribution < -0.4 is 0 Å². The van der Waals surface area contributed by atoms with Crippen LogP contribution in [0.5, 0.6) is 0 Å². The number of aliphatic hydroxyl groups is 1.